The van der Waals surface area contributed by atoms with Crippen molar-refractivity contribution in [1.82, 2.24) is 0 Å². The number of carbonyl (C=O) groups is 1. The van der Waals surface area contributed by atoms with Crippen LogP contribution in [0, 0.1) is 0 Å². The van der Waals surface area contributed by atoms with Gasteiger partial charge in [-0.25, -0.2) is 0 Å². The minimum absolute atomic E-state index is 0.0472. The summed E-state index contributed by atoms with van der Waals surface area (Å²) in [5.41, 5.74) is 1.80. The standard InChI is InChI=1S/C14H19ClO2/c1-4-17-14-6-5-11(10(2)3)9-12(14)13(16)7-8-15/h5-6,9-10H,4,7-8H2,1-3H3. The second kappa shape index (κ2) is 6.65. The van der Waals surface area contributed by atoms with Gasteiger partial charge >= 0.3 is 0 Å². The number of benzene rings is 1. The molecule has 3 heteroatoms. The summed E-state index contributed by atoms with van der Waals surface area (Å²) in [6.07, 6.45) is 0.350. The first-order valence-electron chi connectivity index (χ1n) is 5.96. The van der Waals surface area contributed by atoms with Gasteiger partial charge in [-0.05, 0) is 30.5 Å². The zero-order valence-electron chi connectivity index (χ0n) is 10.6. The predicted octanol–water partition coefficient (Wildman–Crippen LogP) is 4.02. The smallest absolute Gasteiger partial charge is 0.167 e. The van der Waals surface area contributed by atoms with Gasteiger partial charge in [0.15, 0.2) is 5.78 Å². The highest BCUT2D eigenvalue weighted by Gasteiger charge is 2.13. The van der Waals surface area contributed by atoms with Gasteiger partial charge in [-0.15, -0.1) is 11.6 Å². The van der Waals surface area contributed by atoms with Crippen LogP contribution in [0.2, 0.25) is 0 Å². The molecule has 0 saturated heterocycles. The zero-order valence-corrected chi connectivity index (χ0v) is 11.4. The van der Waals surface area contributed by atoms with E-state index in [0.717, 1.165) is 5.56 Å². The van der Waals surface area contributed by atoms with Crippen LogP contribution >= 0.6 is 11.6 Å². The van der Waals surface area contributed by atoms with Crippen molar-refractivity contribution < 1.29 is 9.53 Å². The Kier molecular flexibility index (Phi) is 5.49. The molecule has 0 aromatic heterocycles. The van der Waals surface area contributed by atoms with Gasteiger partial charge < -0.3 is 4.74 Å². The summed E-state index contributed by atoms with van der Waals surface area (Å²) in [6, 6.07) is 5.80. The van der Waals surface area contributed by atoms with E-state index in [0.29, 0.717) is 36.1 Å². The van der Waals surface area contributed by atoms with Crippen LogP contribution in [-0.2, 0) is 0 Å². The molecule has 0 bridgehead atoms. The van der Waals surface area contributed by atoms with E-state index < -0.39 is 0 Å². The Morgan fingerprint density at radius 2 is 2.12 bits per heavy atom. The fourth-order valence-corrected chi connectivity index (χ4v) is 1.80. The van der Waals surface area contributed by atoms with Crippen molar-refractivity contribution in [1.29, 1.82) is 0 Å². The average molecular weight is 255 g/mol. The van der Waals surface area contributed by atoms with Crippen LogP contribution in [0.5, 0.6) is 5.75 Å². The van der Waals surface area contributed by atoms with Gasteiger partial charge in [0, 0.05) is 12.3 Å². The zero-order chi connectivity index (χ0) is 12.8. The molecule has 0 aliphatic carbocycles. The third kappa shape index (κ3) is 3.74. The first kappa shape index (κ1) is 14.0. The number of ketones is 1. The van der Waals surface area contributed by atoms with E-state index in [1.807, 2.05) is 25.1 Å². The van der Waals surface area contributed by atoms with Crippen LogP contribution in [0.4, 0.5) is 0 Å². The summed E-state index contributed by atoms with van der Waals surface area (Å²) in [5, 5.41) is 0. The lowest BCUT2D eigenvalue weighted by Crippen LogP contribution is -2.06. The van der Waals surface area contributed by atoms with Crippen molar-refractivity contribution in [3.63, 3.8) is 0 Å². The quantitative estimate of drug-likeness (QED) is 0.566. The van der Waals surface area contributed by atoms with Gasteiger partial charge in [-0.1, -0.05) is 19.9 Å². The van der Waals surface area contributed by atoms with E-state index >= 15 is 0 Å². The van der Waals surface area contributed by atoms with E-state index in [9.17, 15) is 4.79 Å². The summed E-state index contributed by atoms with van der Waals surface area (Å²) >= 11 is 5.62. The topological polar surface area (TPSA) is 26.3 Å². The number of rotatable bonds is 6. The third-order valence-corrected chi connectivity index (χ3v) is 2.78. The molecule has 94 valence electrons. The Balaban J connectivity index is 3.10. The molecule has 0 atom stereocenters. The Bertz CT molecular complexity index is 386. The molecule has 0 N–H and O–H groups in total. The molecule has 1 rings (SSSR count). The molecule has 0 aliphatic heterocycles. The lowest BCUT2D eigenvalue weighted by molar-refractivity contribution is 0.0985. The fraction of sp³-hybridized carbons (Fsp3) is 0.500. The van der Waals surface area contributed by atoms with Crippen molar-refractivity contribution in [2.45, 2.75) is 33.1 Å². The molecule has 1 aromatic carbocycles. The molecule has 0 fully saturated rings. The Morgan fingerprint density at radius 3 is 2.65 bits per heavy atom. The van der Waals surface area contributed by atoms with Crippen molar-refractivity contribution in [3.8, 4) is 5.75 Å². The normalized spacial score (nSPS) is 10.6. The van der Waals surface area contributed by atoms with Crippen LogP contribution < -0.4 is 4.74 Å². The molecule has 0 amide bonds. The number of Topliss-reactive ketones (excluding diaryl/α,β-unsaturated/α-hetero) is 1. The number of hydrogen-bond donors (Lipinski definition) is 0. The van der Waals surface area contributed by atoms with Gasteiger partial charge in [0.25, 0.3) is 0 Å². The molecule has 0 unspecified atom stereocenters. The van der Waals surface area contributed by atoms with Gasteiger partial charge in [0.05, 0.1) is 12.2 Å². The van der Waals surface area contributed by atoms with E-state index in [2.05, 4.69) is 13.8 Å². The van der Waals surface area contributed by atoms with E-state index in [1.165, 1.54) is 0 Å². The molecular weight excluding hydrogens is 236 g/mol. The van der Waals surface area contributed by atoms with Crippen molar-refractivity contribution >= 4 is 17.4 Å². The number of halogens is 1. The maximum atomic E-state index is 12.0. The van der Waals surface area contributed by atoms with Crippen LogP contribution in [-0.4, -0.2) is 18.3 Å². The molecule has 17 heavy (non-hydrogen) atoms. The minimum Gasteiger partial charge on any atom is -0.493 e. The highest BCUT2D eigenvalue weighted by molar-refractivity contribution is 6.19. The van der Waals surface area contributed by atoms with E-state index in [1.54, 1.807) is 0 Å². The summed E-state index contributed by atoms with van der Waals surface area (Å²) < 4.78 is 5.48. The van der Waals surface area contributed by atoms with Crippen LogP contribution in [0.25, 0.3) is 0 Å². The highest BCUT2D eigenvalue weighted by atomic mass is 35.5. The Morgan fingerprint density at radius 1 is 1.41 bits per heavy atom. The highest BCUT2D eigenvalue weighted by Crippen LogP contribution is 2.25. The number of alkyl halides is 1. The average Bonchev–Trinajstić information content (AvgIpc) is 2.30. The SMILES string of the molecule is CCOc1ccc(C(C)C)cc1C(=O)CCCl. The molecule has 0 radical (unpaired) electrons. The Hall–Kier alpha value is -1.02. The molecule has 0 heterocycles. The third-order valence-electron chi connectivity index (χ3n) is 2.59. The molecular formula is C14H19ClO2. The summed E-state index contributed by atoms with van der Waals surface area (Å²) in [4.78, 5) is 12.0. The van der Waals surface area contributed by atoms with Gasteiger partial charge in [-0.2, -0.15) is 0 Å². The number of hydrogen-bond acceptors (Lipinski definition) is 2. The molecule has 2 nitrogen and oxygen atoms in total. The van der Waals surface area contributed by atoms with Crippen molar-refractivity contribution in [2.75, 3.05) is 12.5 Å². The second-order valence-corrected chi connectivity index (χ2v) is 4.58. The molecule has 1 aromatic rings. The second-order valence-electron chi connectivity index (χ2n) is 4.21. The first-order valence-corrected chi connectivity index (χ1v) is 6.49. The molecule has 0 aliphatic rings. The van der Waals surface area contributed by atoms with Crippen molar-refractivity contribution in [2.24, 2.45) is 0 Å². The fourth-order valence-electron chi connectivity index (χ4n) is 1.63. The van der Waals surface area contributed by atoms with Crippen LogP contribution in [0.1, 0.15) is 49.0 Å². The van der Waals surface area contributed by atoms with Crippen molar-refractivity contribution in [3.05, 3.63) is 29.3 Å². The molecule has 0 spiro atoms. The van der Waals surface area contributed by atoms with E-state index in [4.69, 9.17) is 16.3 Å². The number of carbonyl (C=O) groups excluding carboxylic acids is 1. The van der Waals surface area contributed by atoms with Crippen LogP contribution in [0.3, 0.4) is 0 Å². The summed E-state index contributed by atoms with van der Waals surface area (Å²) in [6.45, 7) is 6.67. The van der Waals surface area contributed by atoms with Gasteiger partial charge in [0.2, 0.25) is 0 Å². The van der Waals surface area contributed by atoms with Gasteiger partial charge in [0.1, 0.15) is 5.75 Å². The summed E-state index contributed by atoms with van der Waals surface area (Å²) in [5.74, 6) is 1.45. The summed E-state index contributed by atoms with van der Waals surface area (Å²) in [7, 11) is 0. The van der Waals surface area contributed by atoms with Crippen LogP contribution in [0.15, 0.2) is 18.2 Å². The predicted molar refractivity (Wildman–Crippen MR) is 71.4 cm³/mol. The minimum atomic E-state index is 0.0472. The molecule has 0 saturated carbocycles. The van der Waals surface area contributed by atoms with E-state index in [-0.39, 0.29) is 5.78 Å². The maximum Gasteiger partial charge on any atom is 0.167 e. The largest absolute Gasteiger partial charge is 0.493 e. The monoisotopic (exact) mass is 254 g/mol. The Labute approximate surface area is 108 Å². The maximum absolute atomic E-state index is 12.0. The number of ether oxygens (including phenoxy) is 1. The van der Waals surface area contributed by atoms with Gasteiger partial charge in [-0.3, -0.25) is 4.79 Å². The lowest BCUT2D eigenvalue weighted by atomic mass is 9.98. The lowest BCUT2D eigenvalue weighted by Gasteiger charge is -2.12. The first-order chi connectivity index (χ1) is 8.10.